The van der Waals surface area contributed by atoms with E-state index in [1.165, 1.54) is 25.7 Å². The number of sulfonamides is 1. The summed E-state index contributed by atoms with van der Waals surface area (Å²) in [5.74, 6) is 2.60. The predicted molar refractivity (Wildman–Crippen MR) is 119 cm³/mol. The van der Waals surface area contributed by atoms with Gasteiger partial charge in [-0.3, -0.25) is 4.99 Å². The Hall–Kier alpha value is -0.510. The number of hydrogen-bond donors (Lipinski definition) is 2. The molecule has 164 valence electrons. The molecule has 1 aliphatic carbocycles. The Morgan fingerprint density at radius 3 is 2.54 bits per heavy atom. The second-order valence-corrected chi connectivity index (χ2v) is 10.9. The maximum Gasteiger partial charge on any atom is 0.215 e. The summed E-state index contributed by atoms with van der Waals surface area (Å²) in [6, 6.07) is 0. The largest absolute Gasteiger partial charge is 0.382 e. The molecule has 0 spiro atoms. The molecule has 0 unspecified atom stereocenters. The highest BCUT2D eigenvalue weighted by Crippen LogP contribution is 2.41. The first-order chi connectivity index (χ1) is 13.5. The second kappa shape index (κ2) is 12.2. The number of thioether (sulfide) groups is 1. The van der Waals surface area contributed by atoms with E-state index in [2.05, 4.69) is 10.6 Å². The molecule has 9 heteroatoms. The van der Waals surface area contributed by atoms with Gasteiger partial charge in [0.2, 0.25) is 10.0 Å². The number of ether oxygens (including phenoxy) is 1. The van der Waals surface area contributed by atoms with Gasteiger partial charge in [-0.1, -0.05) is 12.8 Å². The Labute approximate surface area is 175 Å². The minimum Gasteiger partial charge on any atom is -0.382 e. The molecule has 0 amide bonds. The average molecular weight is 435 g/mol. The van der Waals surface area contributed by atoms with Crippen LogP contribution in [0.1, 0.15) is 46.0 Å². The van der Waals surface area contributed by atoms with Gasteiger partial charge < -0.3 is 15.4 Å². The molecular formula is C19H38N4O3S2. The monoisotopic (exact) mass is 434 g/mol. The van der Waals surface area contributed by atoms with Crippen LogP contribution < -0.4 is 10.6 Å². The molecule has 0 radical (unpaired) electrons. The highest BCUT2D eigenvalue weighted by atomic mass is 32.2. The van der Waals surface area contributed by atoms with Crippen molar-refractivity contribution < 1.29 is 13.2 Å². The van der Waals surface area contributed by atoms with Gasteiger partial charge in [-0.15, -0.1) is 0 Å². The molecule has 1 heterocycles. The van der Waals surface area contributed by atoms with Crippen LogP contribution in [0.2, 0.25) is 0 Å². The van der Waals surface area contributed by atoms with Crippen LogP contribution in [0.4, 0.5) is 0 Å². The summed E-state index contributed by atoms with van der Waals surface area (Å²) < 4.78 is 32.2. The standard InChI is InChI=1S/C19H38N4O3S2/c1-3-20-18(21-10-16-28(24,25)23-11-14-27-15-12-23)22-17-19(7-5-6-8-19)9-13-26-4-2/h3-17H2,1-2H3,(H2,20,21,22). The number of guanidine groups is 1. The van der Waals surface area contributed by atoms with E-state index in [-0.39, 0.29) is 11.2 Å². The Kier molecular flexibility index (Phi) is 10.4. The minimum atomic E-state index is -3.19. The number of hydrogen-bond acceptors (Lipinski definition) is 5. The molecule has 28 heavy (non-hydrogen) atoms. The van der Waals surface area contributed by atoms with Crippen molar-refractivity contribution in [2.45, 2.75) is 46.0 Å². The van der Waals surface area contributed by atoms with Gasteiger partial charge in [-0.2, -0.15) is 11.8 Å². The highest BCUT2D eigenvalue weighted by molar-refractivity contribution is 7.99. The predicted octanol–water partition coefficient (Wildman–Crippen LogP) is 1.91. The first-order valence-electron chi connectivity index (χ1n) is 10.7. The van der Waals surface area contributed by atoms with Crippen molar-refractivity contribution in [1.29, 1.82) is 0 Å². The summed E-state index contributed by atoms with van der Waals surface area (Å²) >= 11 is 1.82. The number of nitrogens with one attached hydrogen (secondary N) is 2. The lowest BCUT2D eigenvalue weighted by molar-refractivity contribution is 0.107. The molecular weight excluding hydrogens is 396 g/mol. The number of aliphatic imine (C=N–C) groups is 1. The van der Waals surface area contributed by atoms with Gasteiger partial charge in [0.05, 0.1) is 5.75 Å². The van der Waals surface area contributed by atoms with E-state index in [9.17, 15) is 8.42 Å². The zero-order chi connectivity index (χ0) is 20.3. The van der Waals surface area contributed by atoms with Gasteiger partial charge in [-0.25, -0.2) is 12.7 Å². The lowest BCUT2D eigenvalue weighted by Gasteiger charge is -2.27. The number of nitrogens with zero attached hydrogens (tertiary/aromatic N) is 2. The van der Waals surface area contributed by atoms with E-state index in [1.807, 2.05) is 25.6 Å². The average Bonchev–Trinajstić information content (AvgIpc) is 3.16. The maximum atomic E-state index is 12.5. The zero-order valence-corrected chi connectivity index (χ0v) is 19.2. The Morgan fingerprint density at radius 2 is 1.89 bits per heavy atom. The molecule has 0 atom stereocenters. The number of rotatable bonds is 11. The van der Waals surface area contributed by atoms with Gasteiger partial charge in [0.15, 0.2) is 5.96 Å². The van der Waals surface area contributed by atoms with E-state index in [4.69, 9.17) is 9.73 Å². The Bertz CT molecular complexity index is 572. The molecule has 2 N–H and O–H groups in total. The molecule has 2 rings (SSSR count). The van der Waals surface area contributed by atoms with E-state index in [0.29, 0.717) is 19.6 Å². The fourth-order valence-corrected chi connectivity index (χ4v) is 6.38. The summed E-state index contributed by atoms with van der Waals surface area (Å²) in [5, 5.41) is 6.47. The van der Waals surface area contributed by atoms with Crippen molar-refractivity contribution in [3.8, 4) is 0 Å². The van der Waals surface area contributed by atoms with Crippen LogP contribution in [-0.4, -0.2) is 81.9 Å². The van der Waals surface area contributed by atoms with Gasteiger partial charge in [0.25, 0.3) is 0 Å². The van der Waals surface area contributed by atoms with Crippen LogP contribution in [0.25, 0.3) is 0 Å². The van der Waals surface area contributed by atoms with Crippen LogP contribution in [0.3, 0.4) is 0 Å². The van der Waals surface area contributed by atoms with Crippen molar-refractivity contribution >= 4 is 27.7 Å². The van der Waals surface area contributed by atoms with Crippen molar-refractivity contribution in [1.82, 2.24) is 14.9 Å². The third-order valence-corrected chi connectivity index (χ3v) is 8.39. The molecule has 1 saturated heterocycles. The van der Waals surface area contributed by atoms with Crippen molar-refractivity contribution in [3.63, 3.8) is 0 Å². The van der Waals surface area contributed by atoms with Crippen LogP contribution in [0, 0.1) is 5.41 Å². The lowest BCUT2D eigenvalue weighted by atomic mass is 9.83. The summed E-state index contributed by atoms with van der Waals surface area (Å²) in [6.07, 6.45) is 5.97. The topological polar surface area (TPSA) is 83.0 Å². The Balaban J connectivity index is 1.86. The fraction of sp³-hybridized carbons (Fsp3) is 0.947. The first kappa shape index (κ1) is 23.8. The van der Waals surface area contributed by atoms with Gasteiger partial charge in [0, 0.05) is 57.4 Å². The molecule has 7 nitrogen and oxygen atoms in total. The van der Waals surface area contributed by atoms with E-state index < -0.39 is 10.0 Å². The smallest absolute Gasteiger partial charge is 0.215 e. The minimum absolute atomic E-state index is 0.109. The van der Waals surface area contributed by atoms with Crippen LogP contribution >= 0.6 is 11.8 Å². The molecule has 1 aliphatic heterocycles. The zero-order valence-electron chi connectivity index (χ0n) is 17.5. The quantitative estimate of drug-likeness (QED) is 0.294. The molecule has 0 aromatic carbocycles. The van der Waals surface area contributed by atoms with E-state index >= 15 is 0 Å². The summed E-state index contributed by atoms with van der Waals surface area (Å²) in [6.45, 7) is 8.77. The SMILES string of the molecule is CCNC(=NCC1(CCOCC)CCCC1)NCCS(=O)(=O)N1CCSCC1. The molecule has 2 fully saturated rings. The highest BCUT2D eigenvalue weighted by Gasteiger charge is 2.33. The van der Waals surface area contributed by atoms with Crippen molar-refractivity contribution in [2.24, 2.45) is 10.4 Å². The summed E-state index contributed by atoms with van der Waals surface area (Å²) in [7, 11) is -3.19. The third kappa shape index (κ3) is 7.72. The van der Waals surface area contributed by atoms with Gasteiger partial charge >= 0.3 is 0 Å². The maximum absolute atomic E-state index is 12.5. The molecule has 0 aromatic heterocycles. The van der Waals surface area contributed by atoms with Crippen molar-refractivity contribution in [3.05, 3.63) is 0 Å². The Morgan fingerprint density at radius 1 is 1.18 bits per heavy atom. The molecule has 0 aromatic rings. The normalized spacial score (nSPS) is 21.0. The molecule has 0 bridgehead atoms. The van der Waals surface area contributed by atoms with Gasteiger partial charge in [0.1, 0.15) is 0 Å². The lowest BCUT2D eigenvalue weighted by Crippen LogP contribution is -2.44. The van der Waals surface area contributed by atoms with E-state index in [0.717, 1.165) is 50.2 Å². The molecule has 1 saturated carbocycles. The van der Waals surface area contributed by atoms with E-state index in [1.54, 1.807) is 4.31 Å². The fourth-order valence-electron chi connectivity index (χ4n) is 3.89. The summed E-state index contributed by atoms with van der Waals surface area (Å²) in [5.41, 5.74) is 0.231. The van der Waals surface area contributed by atoms with Crippen LogP contribution in [-0.2, 0) is 14.8 Å². The van der Waals surface area contributed by atoms with Gasteiger partial charge in [-0.05, 0) is 38.5 Å². The summed E-state index contributed by atoms with van der Waals surface area (Å²) in [4.78, 5) is 4.81. The second-order valence-electron chi connectivity index (χ2n) is 7.60. The first-order valence-corrected chi connectivity index (χ1v) is 13.4. The molecule has 2 aliphatic rings. The van der Waals surface area contributed by atoms with Crippen molar-refractivity contribution in [2.75, 3.05) is 63.2 Å². The van der Waals surface area contributed by atoms with Crippen LogP contribution in [0.15, 0.2) is 4.99 Å². The van der Waals surface area contributed by atoms with Crippen LogP contribution in [0.5, 0.6) is 0 Å². The third-order valence-electron chi connectivity index (χ3n) is 5.58.